The second-order valence-electron chi connectivity index (χ2n) is 2.43. The molecule has 0 amide bonds. The minimum atomic E-state index is -1.09. The predicted molar refractivity (Wildman–Crippen MR) is 33.1 cm³/mol. The molecule has 73 valence electrons. The van der Waals surface area contributed by atoms with Gasteiger partial charge in [0, 0.05) is 22.4 Å². The molecule has 1 fully saturated rings. The first kappa shape index (κ1) is 11.6. The maximum Gasteiger partial charge on any atom is 0.332 e. The Bertz CT molecular complexity index is 172. The van der Waals surface area contributed by atoms with Crippen LogP contribution in [0.2, 0.25) is 0 Å². The van der Waals surface area contributed by atoms with E-state index in [9.17, 15) is 9.59 Å². The summed E-state index contributed by atoms with van der Waals surface area (Å²) in [5.74, 6) is -2.74. The van der Waals surface area contributed by atoms with Crippen LogP contribution < -0.4 is 0 Å². The van der Waals surface area contributed by atoms with E-state index in [4.69, 9.17) is 14.9 Å². The Morgan fingerprint density at radius 3 is 2.08 bits per heavy atom. The van der Waals surface area contributed by atoms with Gasteiger partial charge < -0.3 is 14.9 Å². The van der Waals surface area contributed by atoms with Crippen molar-refractivity contribution in [3.63, 3.8) is 0 Å². The molecular formula is C6H8AgO5. The van der Waals surface area contributed by atoms with E-state index in [1.807, 2.05) is 0 Å². The molecule has 0 saturated carbocycles. The van der Waals surface area contributed by atoms with Crippen LogP contribution in [-0.4, -0.2) is 34.9 Å². The molecule has 0 aromatic rings. The summed E-state index contributed by atoms with van der Waals surface area (Å²) in [5, 5.41) is 16.8. The third kappa shape index (κ3) is 2.60. The van der Waals surface area contributed by atoms with Crippen molar-refractivity contribution in [3.05, 3.63) is 0 Å². The Hall–Kier alpha value is -0.360. The molecule has 2 N–H and O–H groups in total. The zero-order valence-corrected chi connectivity index (χ0v) is 7.47. The summed E-state index contributed by atoms with van der Waals surface area (Å²) in [6, 6.07) is 0. The molecule has 1 rings (SSSR count). The molecule has 0 spiro atoms. The van der Waals surface area contributed by atoms with Crippen molar-refractivity contribution in [3.8, 4) is 0 Å². The van der Waals surface area contributed by atoms with Crippen molar-refractivity contribution in [2.45, 2.75) is 12.5 Å². The number of hydrogen-bond donors (Lipinski definition) is 2. The number of carboxylic acids is 2. The van der Waals surface area contributed by atoms with Gasteiger partial charge in [0.15, 0.2) is 6.10 Å². The second kappa shape index (κ2) is 4.61. The molecule has 1 saturated heterocycles. The Labute approximate surface area is 84.2 Å². The molecule has 5 nitrogen and oxygen atoms in total. The number of carbonyl (C=O) groups is 2. The number of hydrogen-bond acceptors (Lipinski definition) is 3. The van der Waals surface area contributed by atoms with Crippen LogP contribution in [0.25, 0.3) is 0 Å². The van der Waals surface area contributed by atoms with E-state index in [0.29, 0.717) is 0 Å². The molecule has 1 radical (unpaired) electrons. The second-order valence-corrected chi connectivity index (χ2v) is 2.43. The predicted octanol–water partition coefficient (Wildman–Crippen LogP) is -0.442. The molecule has 1 aliphatic rings. The summed E-state index contributed by atoms with van der Waals surface area (Å²) in [6.07, 6.45) is -0.860. The van der Waals surface area contributed by atoms with Gasteiger partial charge in [-0.2, -0.15) is 0 Å². The molecule has 0 aromatic carbocycles. The van der Waals surface area contributed by atoms with Crippen molar-refractivity contribution in [1.82, 2.24) is 0 Å². The molecule has 6 heteroatoms. The fraction of sp³-hybridized carbons (Fsp3) is 0.667. The maximum atomic E-state index is 10.3. The zero-order chi connectivity index (χ0) is 8.43. The van der Waals surface area contributed by atoms with Crippen molar-refractivity contribution >= 4 is 11.9 Å². The van der Waals surface area contributed by atoms with Crippen LogP contribution in [-0.2, 0) is 36.7 Å². The summed E-state index contributed by atoms with van der Waals surface area (Å²) >= 11 is 0. The van der Waals surface area contributed by atoms with Gasteiger partial charge in [-0.3, -0.25) is 4.79 Å². The van der Waals surface area contributed by atoms with Crippen LogP contribution in [0.4, 0.5) is 0 Å². The Morgan fingerprint density at radius 1 is 1.25 bits per heavy atom. The number of rotatable bonds is 2. The van der Waals surface area contributed by atoms with Gasteiger partial charge in [0.05, 0.1) is 12.5 Å². The quantitative estimate of drug-likeness (QED) is 0.663. The Balaban J connectivity index is 0.00000121. The molecule has 2 atom stereocenters. The van der Waals surface area contributed by atoms with Crippen molar-refractivity contribution in [2.24, 2.45) is 5.92 Å². The van der Waals surface area contributed by atoms with Gasteiger partial charge in [-0.05, 0) is 6.42 Å². The first-order valence-electron chi connectivity index (χ1n) is 3.18. The third-order valence-electron chi connectivity index (χ3n) is 1.62. The van der Waals surface area contributed by atoms with E-state index < -0.39 is 24.0 Å². The zero-order valence-electron chi connectivity index (χ0n) is 5.99. The van der Waals surface area contributed by atoms with E-state index in [0.717, 1.165) is 0 Å². The van der Waals surface area contributed by atoms with Gasteiger partial charge >= 0.3 is 11.9 Å². The first-order valence-corrected chi connectivity index (χ1v) is 3.18. The fourth-order valence-corrected chi connectivity index (χ4v) is 0.971. The van der Waals surface area contributed by atoms with Gasteiger partial charge in [0.1, 0.15) is 0 Å². The molecule has 2 unspecified atom stereocenters. The Kier molecular flexibility index (Phi) is 4.48. The topological polar surface area (TPSA) is 83.8 Å². The van der Waals surface area contributed by atoms with Crippen molar-refractivity contribution in [1.29, 1.82) is 0 Å². The van der Waals surface area contributed by atoms with E-state index in [-0.39, 0.29) is 35.4 Å². The van der Waals surface area contributed by atoms with Crippen LogP contribution in [0.1, 0.15) is 6.42 Å². The molecule has 0 bridgehead atoms. The smallest absolute Gasteiger partial charge is 0.332 e. The van der Waals surface area contributed by atoms with E-state index in [1.54, 1.807) is 0 Å². The van der Waals surface area contributed by atoms with Crippen molar-refractivity contribution < 1.29 is 46.9 Å². The molecular weight excluding hydrogens is 260 g/mol. The minimum Gasteiger partial charge on any atom is -0.481 e. The molecule has 0 aromatic heterocycles. The molecule has 1 heterocycles. The summed E-state index contributed by atoms with van der Waals surface area (Å²) in [4.78, 5) is 20.5. The van der Waals surface area contributed by atoms with Crippen LogP contribution in [0, 0.1) is 5.92 Å². The van der Waals surface area contributed by atoms with Crippen molar-refractivity contribution in [2.75, 3.05) is 6.61 Å². The average Bonchev–Trinajstić information content (AvgIpc) is 2.33. The summed E-state index contributed by atoms with van der Waals surface area (Å²) in [5.41, 5.74) is 0. The van der Waals surface area contributed by atoms with Crippen LogP contribution in [0.3, 0.4) is 0 Å². The average molecular weight is 268 g/mol. The van der Waals surface area contributed by atoms with E-state index in [2.05, 4.69) is 0 Å². The SMILES string of the molecule is O=C(O)C1COC(C(=O)O)C1.[Ag]. The summed E-state index contributed by atoms with van der Waals surface area (Å²) in [6.45, 7) is 0.00625. The number of carboxylic acid groups (broad SMARTS) is 2. The maximum absolute atomic E-state index is 10.3. The normalized spacial score (nSPS) is 27.7. The third-order valence-corrected chi connectivity index (χ3v) is 1.62. The molecule has 0 aliphatic carbocycles. The van der Waals surface area contributed by atoms with E-state index >= 15 is 0 Å². The van der Waals surface area contributed by atoms with Gasteiger partial charge in [0.2, 0.25) is 0 Å². The summed E-state index contributed by atoms with van der Waals surface area (Å²) < 4.78 is 4.71. The molecule has 12 heavy (non-hydrogen) atoms. The summed E-state index contributed by atoms with van der Waals surface area (Å²) in [7, 11) is 0. The number of aliphatic carboxylic acids is 2. The number of ether oxygens (including phenoxy) is 1. The van der Waals surface area contributed by atoms with Gasteiger partial charge in [-0.15, -0.1) is 0 Å². The van der Waals surface area contributed by atoms with Gasteiger partial charge in [-0.1, -0.05) is 0 Å². The van der Waals surface area contributed by atoms with Crippen LogP contribution in [0.5, 0.6) is 0 Å². The van der Waals surface area contributed by atoms with Crippen LogP contribution in [0.15, 0.2) is 0 Å². The monoisotopic (exact) mass is 267 g/mol. The van der Waals surface area contributed by atoms with Gasteiger partial charge in [-0.25, -0.2) is 4.79 Å². The minimum absolute atomic E-state index is 0. The van der Waals surface area contributed by atoms with Crippen LogP contribution >= 0.6 is 0 Å². The Morgan fingerprint density at radius 2 is 1.83 bits per heavy atom. The first-order chi connectivity index (χ1) is 5.11. The van der Waals surface area contributed by atoms with Gasteiger partial charge in [0.25, 0.3) is 0 Å². The molecule has 1 aliphatic heterocycles. The largest absolute Gasteiger partial charge is 0.481 e. The standard InChI is InChI=1S/C6H8O5.Ag/c7-5(8)3-1-4(6(9)10)11-2-3;/h3-4H,1-2H2,(H,7,8)(H,9,10);. The van der Waals surface area contributed by atoms with E-state index in [1.165, 1.54) is 0 Å². The fourth-order valence-electron chi connectivity index (χ4n) is 0.971.